The van der Waals surface area contributed by atoms with E-state index in [0.29, 0.717) is 0 Å². The Hall–Kier alpha value is 0.160. The molecular weight excluding hydrogens is 317 g/mol. The molecule has 0 bridgehead atoms. The Kier molecular flexibility index (Phi) is 8.19. The van der Waals surface area contributed by atoms with Crippen molar-refractivity contribution in [3.05, 3.63) is 0 Å². The molecule has 0 aliphatic carbocycles. The van der Waals surface area contributed by atoms with Crippen LogP contribution in [0.2, 0.25) is 0 Å². The maximum Gasteiger partial charge on any atom is 0.249 e. The van der Waals surface area contributed by atoms with E-state index in [0.717, 1.165) is 38.8 Å². The highest BCUT2D eigenvalue weighted by atomic mass is 127. The SMILES string of the molecule is O=C(NCCCCCCI)C1CCCCO1. The number of hydrogen-bond donors (Lipinski definition) is 1. The first-order valence-corrected chi connectivity index (χ1v) is 7.82. The Labute approximate surface area is 112 Å². The van der Waals surface area contributed by atoms with Crippen molar-refractivity contribution in [1.82, 2.24) is 5.32 Å². The summed E-state index contributed by atoms with van der Waals surface area (Å²) in [5.41, 5.74) is 0. The summed E-state index contributed by atoms with van der Waals surface area (Å²) >= 11 is 2.40. The van der Waals surface area contributed by atoms with E-state index < -0.39 is 0 Å². The summed E-state index contributed by atoms with van der Waals surface area (Å²) in [7, 11) is 0. The fourth-order valence-corrected chi connectivity index (χ4v) is 2.39. The van der Waals surface area contributed by atoms with E-state index in [-0.39, 0.29) is 12.0 Å². The highest BCUT2D eigenvalue weighted by molar-refractivity contribution is 14.1. The third-order valence-corrected chi connectivity index (χ3v) is 3.59. The summed E-state index contributed by atoms with van der Waals surface area (Å²) in [5.74, 6) is 0.0913. The van der Waals surface area contributed by atoms with Crippen LogP contribution in [-0.2, 0) is 9.53 Å². The zero-order valence-electron chi connectivity index (χ0n) is 9.84. The smallest absolute Gasteiger partial charge is 0.249 e. The molecular formula is C12H22INO2. The molecule has 94 valence electrons. The lowest BCUT2D eigenvalue weighted by Crippen LogP contribution is -2.38. The van der Waals surface area contributed by atoms with Crippen LogP contribution in [0.15, 0.2) is 0 Å². The second kappa shape index (κ2) is 9.22. The molecule has 4 heteroatoms. The molecule has 0 radical (unpaired) electrons. The first-order chi connectivity index (χ1) is 7.84. The van der Waals surface area contributed by atoms with Crippen LogP contribution in [0.25, 0.3) is 0 Å². The maximum absolute atomic E-state index is 11.6. The Balaban J connectivity index is 1.97. The highest BCUT2D eigenvalue weighted by Crippen LogP contribution is 2.12. The molecule has 1 fully saturated rings. The van der Waals surface area contributed by atoms with Gasteiger partial charge in [0.05, 0.1) is 0 Å². The minimum Gasteiger partial charge on any atom is -0.368 e. The molecule has 1 heterocycles. The molecule has 0 aromatic heterocycles. The molecule has 3 nitrogen and oxygen atoms in total. The van der Waals surface area contributed by atoms with Crippen LogP contribution in [0.3, 0.4) is 0 Å². The molecule has 1 aliphatic heterocycles. The number of halogens is 1. The van der Waals surface area contributed by atoms with Crippen molar-refractivity contribution in [3.63, 3.8) is 0 Å². The van der Waals surface area contributed by atoms with Crippen molar-refractivity contribution in [2.45, 2.75) is 51.0 Å². The van der Waals surface area contributed by atoms with Crippen molar-refractivity contribution < 1.29 is 9.53 Å². The molecule has 0 aromatic carbocycles. The monoisotopic (exact) mass is 339 g/mol. The van der Waals surface area contributed by atoms with Crippen molar-refractivity contribution in [2.24, 2.45) is 0 Å². The normalized spacial score (nSPS) is 20.7. The number of rotatable bonds is 7. The summed E-state index contributed by atoms with van der Waals surface area (Å²) in [6, 6.07) is 0. The van der Waals surface area contributed by atoms with Gasteiger partial charge in [-0.05, 0) is 36.5 Å². The van der Waals surface area contributed by atoms with Gasteiger partial charge in [-0.3, -0.25) is 4.79 Å². The van der Waals surface area contributed by atoms with Crippen LogP contribution in [0, 0.1) is 0 Å². The topological polar surface area (TPSA) is 38.3 Å². The molecule has 0 saturated carbocycles. The summed E-state index contributed by atoms with van der Waals surface area (Å²) in [6.45, 7) is 1.55. The minimum absolute atomic E-state index is 0.0913. The van der Waals surface area contributed by atoms with Gasteiger partial charge in [-0.1, -0.05) is 35.4 Å². The van der Waals surface area contributed by atoms with E-state index in [1.165, 1.54) is 23.7 Å². The number of alkyl halides is 1. The van der Waals surface area contributed by atoms with Gasteiger partial charge in [0.1, 0.15) is 6.10 Å². The number of ether oxygens (including phenoxy) is 1. The van der Waals surface area contributed by atoms with Gasteiger partial charge in [-0.2, -0.15) is 0 Å². The lowest BCUT2D eigenvalue weighted by atomic mass is 10.1. The molecule has 0 aromatic rings. The predicted molar refractivity (Wildman–Crippen MR) is 74.0 cm³/mol. The largest absolute Gasteiger partial charge is 0.368 e. The molecule has 1 aliphatic rings. The number of amides is 1. The van der Waals surface area contributed by atoms with Crippen LogP contribution in [0.1, 0.15) is 44.9 Å². The van der Waals surface area contributed by atoms with Gasteiger partial charge in [0, 0.05) is 13.2 Å². The van der Waals surface area contributed by atoms with E-state index >= 15 is 0 Å². The lowest BCUT2D eigenvalue weighted by molar-refractivity contribution is -0.135. The second-order valence-electron chi connectivity index (χ2n) is 4.25. The van der Waals surface area contributed by atoms with Crippen molar-refractivity contribution in [2.75, 3.05) is 17.6 Å². The van der Waals surface area contributed by atoms with E-state index in [4.69, 9.17) is 4.74 Å². The highest BCUT2D eigenvalue weighted by Gasteiger charge is 2.20. The maximum atomic E-state index is 11.6. The fraction of sp³-hybridized carbons (Fsp3) is 0.917. The number of hydrogen-bond acceptors (Lipinski definition) is 2. The number of unbranched alkanes of at least 4 members (excludes halogenated alkanes) is 3. The van der Waals surface area contributed by atoms with Crippen molar-refractivity contribution in [3.8, 4) is 0 Å². The summed E-state index contributed by atoms with van der Waals surface area (Å²) in [5, 5.41) is 2.96. The average molecular weight is 339 g/mol. The van der Waals surface area contributed by atoms with Crippen molar-refractivity contribution >= 4 is 28.5 Å². The van der Waals surface area contributed by atoms with Crippen molar-refractivity contribution in [1.29, 1.82) is 0 Å². The summed E-state index contributed by atoms with van der Waals surface area (Å²) in [4.78, 5) is 11.6. The molecule has 16 heavy (non-hydrogen) atoms. The van der Waals surface area contributed by atoms with Gasteiger partial charge in [-0.15, -0.1) is 0 Å². The van der Waals surface area contributed by atoms with Crippen LogP contribution in [-0.4, -0.2) is 29.6 Å². The quantitative estimate of drug-likeness (QED) is 0.440. The van der Waals surface area contributed by atoms with Gasteiger partial charge in [0.15, 0.2) is 0 Å². The van der Waals surface area contributed by atoms with Crippen LogP contribution in [0.5, 0.6) is 0 Å². The van der Waals surface area contributed by atoms with Gasteiger partial charge in [-0.25, -0.2) is 0 Å². The average Bonchev–Trinajstić information content (AvgIpc) is 2.34. The molecule has 1 N–H and O–H groups in total. The van der Waals surface area contributed by atoms with Gasteiger partial charge < -0.3 is 10.1 Å². The number of nitrogens with one attached hydrogen (secondary N) is 1. The molecule has 1 saturated heterocycles. The Morgan fingerprint density at radius 3 is 2.75 bits per heavy atom. The van der Waals surface area contributed by atoms with Gasteiger partial charge in [0.2, 0.25) is 5.91 Å². The van der Waals surface area contributed by atoms with E-state index in [9.17, 15) is 4.79 Å². The molecule has 1 unspecified atom stereocenters. The fourth-order valence-electron chi connectivity index (χ4n) is 1.85. The third kappa shape index (κ3) is 6.03. The van der Waals surface area contributed by atoms with Crippen LogP contribution >= 0.6 is 22.6 Å². The van der Waals surface area contributed by atoms with Gasteiger partial charge in [0.25, 0.3) is 0 Å². The first kappa shape index (κ1) is 14.2. The lowest BCUT2D eigenvalue weighted by Gasteiger charge is -2.21. The van der Waals surface area contributed by atoms with E-state index in [2.05, 4.69) is 27.9 Å². The van der Waals surface area contributed by atoms with E-state index in [1.54, 1.807) is 0 Å². The molecule has 1 rings (SSSR count). The standard InChI is InChI=1S/C12H22INO2/c13-8-4-1-2-5-9-14-12(15)11-7-3-6-10-16-11/h11H,1-10H2,(H,14,15). The van der Waals surface area contributed by atoms with Crippen LogP contribution < -0.4 is 5.32 Å². The summed E-state index contributed by atoms with van der Waals surface area (Å²) < 4.78 is 6.66. The summed E-state index contributed by atoms with van der Waals surface area (Å²) in [6.07, 6.45) is 7.81. The minimum atomic E-state index is -0.178. The van der Waals surface area contributed by atoms with E-state index in [1.807, 2.05) is 0 Å². The molecule has 0 spiro atoms. The molecule has 1 atom stereocenters. The number of carbonyl (C=O) groups is 1. The Morgan fingerprint density at radius 1 is 1.25 bits per heavy atom. The Bertz CT molecular complexity index is 193. The van der Waals surface area contributed by atoms with Crippen LogP contribution in [0.4, 0.5) is 0 Å². The van der Waals surface area contributed by atoms with Gasteiger partial charge >= 0.3 is 0 Å². The number of carbonyl (C=O) groups excluding carboxylic acids is 1. The predicted octanol–water partition coefficient (Wildman–Crippen LogP) is 2.67. The Morgan fingerprint density at radius 2 is 2.06 bits per heavy atom. The first-order valence-electron chi connectivity index (χ1n) is 6.30. The zero-order chi connectivity index (χ0) is 11.6. The zero-order valence-corrected chi connectivity index (χ0v) is 12.0. The second-order valence-corrected chi connectivity index (χ2v) is 5.33. The third-order valence-electron chi connectivity index (χ3n) is 2.83. The molecule has 1 amide bonds.